The van der Waals surface area contributed by atoms with E-state index in [-0.39, 0.29) is 11.6 Å². The maximum Gasteiger partial charge on any atom is 0.347 e. The Morgan fingerprint density at radius 1 is 1.20 bits per heavy atom. The van der Waals surface area contributed by atoms with Crippen LogP contribution >= 0.6 is 0 Å². The highest BCUT2D eigenvalue weighted by Crippen LogP contribution is 2.31. The lowest BCUT2D eigenvalue weighted by Crippen LogP contribution is -2.47. The number of aryl methyl sites for hydroxylation is 2. The number of para-hydroxylation sites is 1. The minimum Gasteiger partial charge on any atom is -0.478 e. The third kappa shape index (κ3) is 5.24. The molecule has 0 radical (unpaired) electrons. The Hall–Kier alpha value is -3.61. The summed E-state index contributed by atoms with van der Waals surface area (Å²) in [4.78, 5) is 30.5. The Balaban J connectivity index is 1.46. The van der Waals surface area contributed by atoms with E-state index in [1.54, 1.807) is 13.8 Å². The van der Waals surface area contributed by atoms with Crippen LogP contribution in [0.1, 0.15) is 43.5 Å². The molecule has 2 amide bonds. The van der Waals surface area contributed by atoms with E-state index in [0.717, 1.165) is 47.0 Å². The molecular weight excluding hydrogens is 442 g/mol. The Bertz CT molecular complexity index is 1260. The molecule has 0 spiro atoms. The summed E-state index contributed by atoms with van der Waals surface area (Å²) in [6, 6.07) is 18.0. The Kier molecular flexibility index (Phi) is 6.70. The lowest BCUT2D eigenvalue weighted by atomic mass is 9.86. The molecule has 35 heavy (non-hydrogen) atoms. The van der Waals surface area contributed by atoms with Gasteiger partial charge in [0.1, 0.15) is 5.75 Å². The van der Waals surface area contributed by atoms with Crippen molar-refractivity contribution in [3.8, 4) is 5.75 Å². The third-order valence-corrected chi connectivity index (χ3v) is 6.98. The molecule has 1 fully saturated rings. The number of aromatic nitrogens is 1. The number of likely N-dealkylation sites (N-methyl/N-ethyl adjacent to an activating group) is 1. The van der Waals surface area contributed by atoms with Crippen LogP contribution in [0.5, 0.6) is 5.75 Å². The molecule has 7 nitrogen and oxygen atoms in total. The lowest BCUT2D eigenvalue weighted by molar-refractivity contribution is -0.152. The molecule has 1 atom stereocenters. The number of carboxylic acid groups (broad SMARTS) is 1. The van der Waals surface area contributed by atoms with Gasteiger partial charge < -0.3 is 20.1 Å². The summed E-state index contributed by atoms with van der Waals surface area (Å²) in [6.45, 7) is 5.60. The normalized spacial score (nSPS) is 18.1. The van der Waals surface area contributed by atoms with Gasteiger partial charge in [0.05, 0.1) is 11.1 Å². The fraction of sp³-hybridized carbons (Fsp3) is 0.393. The first kappa shape index (κ1) is 24.5. The molecule has 1 unspecified atom stereocenters. The molecule has 7 heteroatoms. The number of nitrogens with one attached hydrogen (secondary N) is 1. The van der Waals surface area contributed by atoms with E-state index < -0.39 is 11.6 Å². The second-order valence-electron chi connectivity index (χ2n) is 9.99. The minimum absolute atomic E-state index is 0.0517. The van der Waals surface area contributed by atoms with Gasteiger partial charge >= 0.3 is 12.0 Å². The van der Waals surface area contributed by atoms with Crippen molar-refractivity contribution < 1.29 is 19.4 Å². The number of carbonyl (C=O) groups is 2. The number of rotatable bonds is 9. The van der Waals surface area contributed by atoms with Crippen molar-refractivity contribution in [1.29, 1.82) is 0 Å². The lowest BCUT2D eigenvalue weighted by Gasteiger charge is -2.35. The molecule has 0 saturated carbocycles. The van der Waals surface area contributed by atoms with E-state index in [0.29, 0.717) is 18.7 Å². The van der Waals surface area contributed by atoms with Gasteiger partial charge in [-0.25, -0.2) is 9.59 Å². The number of carbonyl (C=O) groups excluding carboxylic acids is 1. The fourth-order valence-corrected chi connectivity index (χ4v) is 4.68. The van der Waals surface area contributed by atoms with Crippen molar-refractivity contribution in [2.24, 2.45) is 0 Å². The van der Waals surface area contributed by atoms with Crippen molar-refractivity contribution in [3.63, 3.8) is 0 Å². The molecule has 2 aromatic carbocycles. The number of urea groups is 1. The molecule has 184 valence electrons. The van der Waals surface area contributed by atoms with Crippen LogP contribution < -0.4 is 10.1 Å². The smallest absolute Gasteiger partial charge is 0.347 e. The quantitative estimate of drug-likeness (QED) is 0.466. The zero-order valence-electron chi connectivity index (χ0n) is 20.8. The van der Waals surface area contributed by atoms with Crippen LogP contribution in [0.25, 0.3) is 10.9 Å². The Morgan fingerprint density at radius 2 is 1.97 bits per heavy atom. The topological polar surface area (TPSA) is 91.8 Å². The molecule has 1 aliphatic heterocycles. The summed E-state index contributed by atoms with van der Waals surface area (Å²) in [5.41, 5.74) is 2.37. The van der Waals surface area contributed by atoms with Gasteiger partial charge in [0, 0.05) is 31.1 Å². The van der Waals surface area contributed by atoms with E-state index in [1.165, 1.54) is 0 Å². The van der Waals surface area contributed by atoms with Crippen molar-refractivity contribution in [2.45, 2.75) is 57.6 Å². The van der Waals surface area contributed by atoms with Crippen LogP contribution in [-0.4, -0.2) is 51.7 Å². The van der Waals surface area contributed by atoms with Crippen molar-refractivity contribution in [1.82, 2.24) is 15.2 Å². The average Bonchev–Trinajstić information content (AvgIpc) is 3.09. The Labute approximate surface area is 206 Å². The van der Waals surface area contributed by atoms with Crippen LogP contribution in [0.15, 0.2) is 54.6 Å². The van der Waals surface area contributed by atoms with E-state index in [2.05, 4.69) is 23.5 Å². The van der Waals surface area contributed by atoms with Gasteiger partial charge in [0.2, 0.25) is 0 Å². The van der Waals surface area contributed by atoms with Gasteiger partial charge in [0.25, 0.3) is 0 Å². The molecule has 2 heterocycles. The number of hydrogen-bond donors (Lipinski definition) is 2. The van der Waals surface area contributed by atoms with Crippen LogP contribution in [-0.2, 0) is 17.6 Å². The molecule has 2 N–H and O–H groups in total. The summed E-state index contributed by atoms with van der Waals surface area (Å²) in [7, 11) is 1.86. The number of carboxylic acids is 1. The first-order valence-corrected chi connectivity index (χ1v) is 12.0. The van der Waals surface area contributed by atoms with Crippen LogP contribution in [0, 0.1) is 6.92 Å². The monoisotopic (exact) mass is 475 g/mol. The molecule has 3 aromatic rings. The van der Waals surface area contributed by atoms with Crippen molar-refractivity contribution in [3.05, 3.63) is 71.4 Å². The summed E-state index contributed by atoms with van der Waals surface area (Å²) in [6.07, 6.45) is 3.26. The predicted molar refractivity (Wildman–Crippen MR) is 136 cm³/mol. The molecule has 4 rings (SSSR count). The SMILES string of the molecule is Cc1cc(CCCC2(Cc3ccc4ccccc4n3)CNC(=O)N2C)ccc1OC(C)(C)C(=O)O. The molecule has 1 aromatic heterocycles. The van der Waals surface area contributed by atoms with E-state index >= 15 is 0 Å². The van der Waals surface area contributed by atoms with Gasteiger partial charge in [-0.2, -0.15) is 0 Å². The highest BCUT2D eigenvalue weighted by Gasteiger charge is 2.43. The highest BCUT2D eigenvalue weighted by atomic mass is 16.5. The summed E-state index contributed by atoms with van der Waals surface area (Å²) >= 11 is 0. The van der Waals surface area contributed by atoms with Crippen LogP contribution in [0.3, 0.4) is 0 Å². The number of amides is 2. The molecular formula is C28H33N3O4. The number of fused-ring (bicyclic) bond motifs is 1. The molecule has 0 aliphatic carbocycles. The van der Waals surface area contributed by atoms with Gasteiger partial charge in [0.15, 0.2) is 5.60 Å². The number of hydrogen-bond acceptors (Lipinski definition) is 4. The standard InChI is InChI=1S/C28H33N3O4/c1-19-16-20(11-14-24(19)35-27(2,3)25(32)33)8-7-15-28(18-29-26(34)31(28)4)17-22-13-12-21-9-5-6-10-23(21)30-22/h5-6,9-14,16H,7-8,15,17-18H2,1-4H3,(H,29,34)(H,32,33). The third-order valence-electron chi connectivity index (χ3n) is 6.98. The zero-order chi connectivity index (χ0) is 25.2. The second kappa shape index (κ2) is 9.56. The number of ether oxygens (including phenoxy) is 1. The van der Waals surface area contributed by atoms with Gasteiger partial charge in [-0.15, -0.1) is 0 Å². The van der Waals surface area contributed by atoms with Crippen LogP contribution in [0.2, 0.25) is 0 Å². The summed E-state index contributed by atoms with van der Waals surface area (Å²) < 4.78 is 5.71. The average molecular weight is 476 g/mol. The van der Waals surface area contributed by atoms with Gasteiger partial charge in [-0.3, -0.25) is 4.98 Å². The van der Waals surface area contributed by atoms with Crippen molar-refractivity contribution >= 4 is 22.9 Å². The first-order valence-electron chi connectivity index (χ1n) is 12.0. The maximum atomic E-state index is 12.4. The minimum atomic E-state index is -1.29. The van der Waals surface area contributed by atoms with Gasteiger partial charge in [-0.1, -0.05) is 36.4 Å². The van der Waals surface area contributed by atoms with E-state index in [4.69, 9.17) is 9.72 Å². The molecule has 1 saturated heterocycles. The molecule has 0 bridgehead atoms. The summed E-state index contributed by atoms with van der Waals surface area (Å²) in [5, 5.41) is 13.4. The second-order valence-corrected chi connectivity index (χ2v) is 9.99. The number of pyridine rings is 1. The van der Waals surface area contributed by atoms with E-state index in [9.17, 15) is 14.7 Å². The maximum absolute atomic E-state index is 12.4. The number of aliphatic carboxylic acids is 1. The number of nitrogens with zero attached hydrogens (tertiary/aromatic N) is 2. The van der Waals surface area contributed by atoms with Crippen LogP contribution in [0.4, 0.5) is 4.79 Å². The zero-order valence-corrected chi connectivity index (χ0v) is 20.8. The first-order chi connectivity index (χ1) is 16.6. The fourth-order valence-electron chi connectivity index (χ4n) is 4.68. The van der Waals surface area contributed by atoms with Gasteiger partial charge in [-0.05, 0) is 69.4 Å². The number of benzene rings is 2. The predicted octanol–water partition coefficient (Wildman–Crippen LogP) is 4.74. The van der Waals surface area contributed by atoms with Crippen molar-refractivity contribution in [2.75, 3.05) is 13.6 Å². The summed E-state index contributed by atoms with van der Waals surface area (Å²) in [5.74, 6) is -0.429. The largest absolute Gasteiger partial charge is 0.478 e. The Morgan fingerprint density at radius 3 is 2.66 bits per heavy atom. The highest BCUT2D eigenvalue weighted by molar-refractivity contribution is 5.79. The molecule has 1 aliphatic rings. The van der Waals surface area contributed by atoms with E-state index in [1.807, 2.05) is 55.3 Å².